The van der Waals surface area contributed by atoms with E-state index in [1.54, 1.807) is 6.07 Å². The van der Waals surface area contributed by atoms with Gasteiger partial charge in [-0.05, 0) is 51.9 Å². The average molecular weight is 332 g/mol. The molecular formula is C15H23BrFNO. The van der Waals surface area contributed by atoms with Gasteiger partial charge < -0.3 is 10.1 Å². The van der Waals surface area contributed by atoms with E-state index in [9.17, 15) is 4.39 Å². The van der Waals surface area contributed by atoms with Gasteiger partial charge in [-0.1, -0.05) is 22.9 Å². The van der Waals surface area contributed by atoms with Crippen molar-refractivity contribution >= 4 is 15.9 Å². The van der Waals surface area contributed by atoms with Gasteiger partial charge in [0.25, 0.3) is 0 Å². The number of hydrogen-bond donors (Lipinski definition) is 1. The van der Waals surface area contributed by atoms with Gasteiger partial charge >= 0.3 is 0 Å². The molecule has 1 rings (SSSR count). The first-order chi connectivity index (χ1) is 8.83. The van der Waals surface area contributed by atoms with E-state index >= 15 is 0 Å². The largest absolute Gasteiger partial charge is 0.374 e. The van der Waals surface area contributed by atoms with E-state index in [1.165, 1.54) is 6.07 Å². The van der Waals surface area contributed by atoms with E-state index in [0.29, 0.717) is 12.2 Å². The standard InChI is InChI=1S/C15H23BrFNO/c1-5-8-18-14(10-19-15(2,3)4)12-9-11(16)6-7-13(12)17/h6-7,9,14,18H,5,8,10H2,1-4H3. The first-order valence-corrected chi connectivity index (χ1v) is 7.45. The molecule has 0 aliphatic heterocycles. The van der Waals surface area contributed by atoms with Crippen LogP contribution in [0.3, 0.4) is 0 Å². The van der Waals surface area contributed by atoms with Crippen molar-refractivity contribution in [3.05, 3.63) is 34.1 Å². The van der Waals surface area contributed by atoms with E-state index in [2.05, 4.69) is 28.2 Å². The maximum atomic E-state index is 14.0. The molecule has 1 atom stereocenters. The van der Waals surface area contributed by atoms with Crippen LogP contribution >= 0.6 is 15.9 Å². The molecule has 4 heteroatoms. The van der Waals surface area contributed by atoms with E-state index in [1.807, 2.05) is 26.8 Å². The lowest BCUT2D eigenvalue weighted by Crippen LogP contribution is -2.31. The van der Waals surface area contributed by atoms with Crippen molar-refractivity contribution in [3.8, 4) is 0 Å². The van der Waals surface area contributed by atoms with Crippen LogP contribution in [0, 0.1) is 5.82 Å². The summed E-state index contributed by atoms with van der Waals surface area (Å²) in [7, 11) is 0. The molecule has 0 saturated carbocycles. The Bertz CT molecular complexity index is 404. The molecule has 0 aliphatic rings. The van der Waals surface area contributed by atoms with E-state index in [-0.39, 0.29) is 17.5 Å². The van der Waals surface area contributed by atoms with Crippen molar-refractivity contribution in [2.75, 3.05) is 13.2 Å². The molecule has 0 fully saturated rings. The lowest BCUT2D eigenvalue weighted by atomic mass is 10.1. The van der Waals surface area contributed by atoms with Gasteiger partial charge in [0.15, 0.2) is 0 Å². The van der Waals surface area contributed by atoms with Crippen LogP contribution in [0.1, 0.15) is 45.7 Å². The minimum Gasteiger partial charge on any atom is -0.374 e. The quantitative estimate of drug-likeness (QED) is 0.831. The van der Waals surface area contributed by atoms with Crippen molar-refractivity contribution in [3.63, 3.8) is 0 Å². The van der Waals surface area contributed by atoms with Crippen LogP contribution in [0.25, 0.3) is 0 Å². The van der Waals surface area contributed by atoms with Crippen LogP contribution in [0.15, 0.2) is 22.7 Å². The summed E-state index contributed by atoms with van der Waals surface area (Å²) in [6, 6.07) is 4.88. The van der Waals surface area contributed by atoms with Crippen molar-refractivity contribution in [2.45, 2.75) is 45.8 Å². The topological polar surface area (TPSA) is 21.3 Å². The van der Waals surface area contributed by atoms with Gasteiger partial charge in [-0.15, -0.1) is 0 Å². The minimum absolute atomic E-state index is 0.128. The zero-order chi connectivity index (χ0) is 14.5. The number of nitrogens with one attached hydrogen (secondary N) is 1. The van der Waals surface area contributed by atoms with Gasteiger partial charge in [-0.3, -0.25) is 0 Å². The summed E-state index contributed by atoms with van der Waals surface area (Å²) in [5, 5.41) is 3.34. The van der Waals surface area contributed by atoms with E-state index in [4.69, 9.17) is 4.74 Å². The summed E-state index contributed by atoms with van der Waals surface area (Å²) in [6.07, 6.45) is 1.00. The fraction of sp³-hybridized carbons (Fsp3) is 0.600. The van der Waals surface area contributed by atoms with Gasteiger partial charge in [0.05, 0.1) is 18.2 Å². The second-order valence-electron chi connectivity index (χ2n) is 5.60. The Kier molecular flexibility index (Phi) is 6.43. The van der Waals surface area contributed by atoms with Gasteiger partial charge in [0.1, 0.15) is 5.82 Å². The Labute approximate surface area is 123 Å². The average Bonchev–Trinajstić information content (AvgIpc) is 2.32. The van der Waals surface area contributed by atoms with E-state index < -0.39 is 0 Å². The first kappa shape index (κ1) is 16.6. The molecule has 2 nitrogen and oxygen atoms in total. The van der Waals surface area contributed by atoms with Gasteiger partial charge in [0.2, 0.25) is 0 Å². The summed E-state index contributed by atoms with van der Waals surface area (Å²) in [5.74, 6) is -0.200. The van der Waals surface area contributed by atoms with Crippen molar-refractivity contribution in [1.82, 2.24) is 5.32 Å². The fourth-order valence-corrected chi connectivity index (χ4v) is 2.07. The highest BCUT2D eigenvalue weighted by atomic mass is 79.9. The fourth-order valence-electron chi connectivity index (χ4n) is 1.69. The van der Waals surface area contributed by atoms with Crippen LogP contribution in [0.2, 0.25) is 0 Å². The molecule has 0 radical (unpaired) electrons. The van der Waals surface area contributed by atoms with Crippen LogP contribution in [0.4, 0.5) is 4.39 Å². The van der Waals surface area contributed by atoms with Crippen molar-refractivity contribution in [2.24, 2.45) is 0 Å². The molecule has 0 spiro atoms. The highest BCUT2D eigenvalue weighted by molar-refractivity contribution is 9.10. The Hall–Kier alpha value is -0.450. The molecular weight excluding hydrogens is 309 g/mol. The molecule has 1 aromatic carbocycles. The normalized spacial score (nSPS) is 13.6. The Morgan fingerprint density at radius 2 is 2.05 bits per heavy atom. The minimum atomic E-state index is -0.228. The molecule has 1 aromatic rings. The highest BCUT2D eigenvalue weighted by Crippen LogP contribution is 2.23. The zero-order valence-corrected chi connectivity index (χ0v) is 13.7. The molecule has 1 N–H and O–H groups in total. The van der Waals surface area contributed by atoms with Crippen LogP contribution in [-0.2, 0) is 4.74 Å². The molecule has 1 unspecified atom stereocenters. The molecule has 0 heterocycles. The summed E-state index contributed by atoms with van der Waals surface area (Å²) >= 11 is 3.39. The first-order valence-electron chi connectivity index (χ1n) is 6.66. The number of hydrogen-bond acceptors (Lipinski definition) is 2. The zero-order valence-electron chi connectivity index (χ0n) is 12.1. The maximum Gasteiger partial charge on any atom is 0.128 e. The third-order valence-corrected chi connectivity index (χ3v) is 3.15. The van der Waals surface area contributed by atoms with Crippen molar-refractivity contribution in [1.29, 1.82) is 0 Å². The van der Waals surface area contributed by atoms with Crippen LogP contribution in [0.5, 0.6) is 0 Å². The smallest absolute Gasteiger partial charge is 0.128 e. The molecule has 0 aliphatic carbocycles. The number of rotatable bonds is 6. The second-order valence-corrected chi connectivity index (χ2v) is 6.51. The summed E-state index contributed by atoms with van der Waals surface area (Å²) < 4.78 is 20.6. The molecule has 0 saturated heterocycles. The van der Waals surface area contributed by atoms with Gasteiger partial charge in [-0.25, -0.2) is 4.39 Å². The van der Waals surface area contributed by atoms with Gasteiger partial charge in [-0.2, -0.15) is 0 Å². The highest BCUT2D eigenvalue weighted by Gasteiger charge is 2.19. The number of benzene rings is 1. The van der Waals surface area contributed by atoms with E-state index in [0.717, 1.165) is 17.4 Å². The van der Waals surface area contributed by atoms with Gasteiger partial charge in [0, 0.05) is 10.0 Å². The molecule has 0 amide bonds. The van der Waals surface area contributed by atoms with Crippen molar-refractivity contribution < 1.29 is 9.13 Å². The third kappa shape index (κ3) is 6.02. The second kappa shape index (κ2) is 7.36. The monoisotopic (exact) mass is 331 g/mol. The third-order valence-electron chi connectivity index (χ3n) is 2.66. The SMILES string of the molecule is CCCNC(COC(C)(C)C)c1cc(Br)ccc1F. The molecule has 0 aromatic heterocycles. The maximum absolute atomic E-state index is 14.0. The lowest BCUT2D eigenvalue weighted by Gasteiger charge is -2.26. The van der Waals surface area contributed by atoms with Crippen LogP contribution < -0.4 is 5.32 Å². The summed E-state index contributed by atoms with van der Waals surface area (Å²) in [5.41, 5.74) is 0.418. The lowest BCUT2D eigenvalue weighted by molar-refractivity contribution is -0.0151. The predicted molar refractivity (Wildman–Crippen MR) is 80.8 cm³/mol. The summed E-state index contributed by atoms with van der Waals surface area (Å²) in [4.78, 5) is 0. The summed E-state index contributed by atoms with van der Waals surface area (Å²) in [6.45, 7) is 9.39. The number of ether oxygens (including phenoxy) is 1. The van der Waals surface area contributed by atoms with Crippen LogP contribution in [-0.4, -0.2) is 18.8 Å². The number of halogens is 2. The Balaban J connectivity index is 2.85. The Morgan fingerprint density at radius 1 is 1.37 bits per heavy atom. The predicted octanol–water partition coefficient (Wildman–Crippen LogP) is 4.44. The molecule has 19 heavy (non-hydrogen) atoms. The molecule has 0 bridgehead atoms. The Morgan fingerprint density at radius 3 is 2.63 bits per heavy atom. The molecule has 108 valence electrons.